The molecule has 0 spiro atoms. The lowest BCUT2D eigenvalue weighted by Gasteiger charge is -2.11. The van der Waals surface area contributed by atoms with Crippen molar-refractivity contribution in [2.45, 2.75) is 44.4 Å². The Bertz CT molecular complexity index is 151. The molecule has 0 aromatic rings. The van der Waals surface area contributed by atoms with E-state index in [2.05, 4.69) is 6.92 Å². The first-order valence-electron chi connectivity index (χ1n) is 6.14. The molecule has 15 heavy (non-hydrogen) atoms. The van der Waals surface area contributed by atoms with Gasteiger partial charge in [0.25, 0.3) is 0 Å². The van der Waals surface area contributed by atoms with Gasteiger partial charge in [0.15, 0.2) is 0 Å². The molecule has 2 unspecified atom stereocenters. The van der Waals surface area contributed by atoms with Crippen LogP contribution in [0.1, 0.15) is 32.6 Å². The quantitative estimate of drug-likeness (QED) is 0.315. The van der Waals surface area contributed by atoms with E-state index in [9.17, 15) is 0 Å². The first kappa shape index (κ1) is 13.2. The highest BCUT2D eigenvalue weighted by Crippen LogP contribution is 2.08. The van der Waals surface area contributed by atoms with Crippen LogP contribution in [0.5, 0.6) is 0 Å². The molecule has 0 amide bonds. The van der Waals surface area contributed by atoms with Crippen molar-refractivity contribution in [3.63, 3.8) is 0 Å². The van der Waals surface area contributed by atoms with Crippen LogP contribution in [0, 0.1) is 0 Å². The number of epoxide rings is 1. The van der Waals surface area contributed by atoms with Gasteiger partial charge in [0.2, 0.25) is 0 Å². The van der Waals surface area contributed by atoms with Gasteiger partial charge >= 0.3 is 0 Å². The Morgan fingerprint density at radius 3 is 2.80 bits per heavy atom. The molecule has 2 atom stereocenters. The second-order valence-corrected chi connectivity index (χ2v) is 5.50. The van der Waals surface area contributed by atoms with E-state index in [1.54, 1.807) is 0 Å². The van der Waals surface area contributed by atoms with Crippen LogP contribution in [-0.2, 0) is 14.2 Å². The van der Waals surface area contributed by atoms with Crippen LogP contribution < -0.4 is 0 Å². The number of rotatable bonds is 10. The van der Waals surface area contributed by atoms with Crippen LogP contribution in [0.15, 0.2) is 0 Å². The smallest absolute Gasteiger partial charge is 0.104 e. The Balaban J connectivity index is 1.72. The lowest BCUT2D eigenvalue weighted by Crippen LogP contribution is -2.13. The standard InChI is InChI=1S/C11H24O3Si/c1-2-5-11(15)13-7-4-3-6-12-8-10-9-14-10/h10-11H,2-9H2,1,15H3. The zero-order valence-electron chi connectivity index (χ0n) is 10.0. The first-order chi connectivity index (χ1) is 7.33. The fourth-order valence-corrected chi connectivity index (χ4v) is 2.27. The largest absolute Gasteiger partial charge is 0.383 e. The lowest BCUT2D eigenvalue weighted by molar-refractivity contribution is 0.0795. The summed E-state index contributed by atoms with van der Waals surface area (Å²) in [6.07, 6.45) is 5.08. The second-order valence-electron chi connectivity index (χ2n) is 4.21. The summed E-state index contributed by atoms with van der Waals surface area (Å²) in [5.41, 5.74) is 0.552. The minimum absolute atomic E-state index is 0.400. The van der Waals surface area contributed by atoms with E-state index >= 15 is 0 Å². The van der Waals surface area contributed by atoms with Crippen LogP contribution in [0.25, 0.3) is 0 Å². The molecular formula is C11H24O3Si. The summed E-state index contributed by atoms with van der Waals surface area (Å²) in [6, 6.07) is 0. The fraction of sp³-hybridized carbons (Fsp3) is 1.00. The Labute approximate surface area is 95.9 Å². The molecule has 0 aliphatic carbocycles. The molecule has 0 aromatic heterocycles. The molecule has 1 aliphatic heterocycles. The molecule has 1 saturated heterocycles. The first-order valence-corrected chi connectivity index (χ1v) is 7.29. The zero-order chi connectivity index (χ0) is 10.9. The number of hydrogen-bond donors (Lipinski definition) is 0. The summed E-state index contributed by atoms with van der Waals surface area (Å²) < 4.78 is 16.2. The minimum Gasteiger partial charge on any atom is -0.383 e. The molecule has 1 fully saturated rings. The third kappa shape index (κ3) is 7.96. The van der Waals surface area contributed by atoms with E-state index in [1.165, 1.54) is 12.8 Å². The van der Waals surface area contributed by atoms with Crippen molar-refractivity contribution < 1.29 is 14.2 Å². The van der Waals surface area contributed by atoms with Crippen LogP contribution in [-0.4, -0.2) is 48.5 Å². The van der Waals surface area contributed by atoms with Gasteiger partial charge in [-0.15, -0.1) is 0 Å². The van der Waals surface area contributed by atoms with E-state index in [0.29, 0.717) is 11.8 Å². The summed E-state index contributed by atoms with van der Waals surface area (Å²) in [5.74, 6) is 0. The van der Waals surface area contributed by atoms with E-state index < -0.39 is 0 Å². The maximum atomic E-state index is 5.70. The Morgan fingerprint density at radius 2 is 2.13 bits per heavy atom. The van der Waals surface area contributed by atoms with Gasteiger partial charge in [0.05, 0.1) is 13.2 Å². The van der Waals surface area contributed by atoms with Crippen LogP contribution in [0.3, 0.4) is 0 Å². The summed E-state index contributed by atoms with van der Waals surface area (Å²) in [6.45, 7) is 5.63. The topological polar surface area (TPSA) is 31.0 Å². The summed E-state index contributed by atoms with van der Waals surface area (Å²) in [5, 5.41) is 0. The average molecular weight is 232 g/mol. The summed E-state index contributed by atoms with van der Waals surface area (Å²) in [4.78, 5) is 0. The molecule has 3 nitrogen and oxygen atoms in total. The van der Waals surface area contributed by atoms with Gasteiger partial charge in [-0.2, -0.15) is 0 Å². The predicted molar refractivity (Wildman–Crippen MR) is 64.4 cm³/mol. The third-order valence-electron chi connectivity index (χ3n) is 2.49. The average Bonchev–Trinajstić information content (AvgIpc) is 3.00. The minimum atomic E-state index is 0.400. The summed E-state index contributed by atoms with van der Waals surface area (Å²) in [7, 11) is 1.15. The number of ether oxygens (including phenoxy) is 3. The monoisotopic (exact) mass is 232 g/mol. The van der Waals surface area contributed by atoms with Crippen molar-refractivity contribution in [3.05, 3.63) is 0 Å². The molecule has 1 rings (SSSR count). The molecule has 0 bridgehead atoms. The highest BCUT2D eigenvalue weighted by atomic mass is 28.1. The Morgan fingerprint density at radius 1 is 1.40 bits per heavy atom. The molecule has 0 N–H and O–H groups in total. The molecule has 0 radical (unpaired) electrons. The van der Waals surface area contributed by atoms with Gasteiger partial charge < -0.3 is 14.2 Å². The van der Waals surface area contributed by atoms with Crippen LogP contribution >= 0.6 is 0 Å². The van der Waals surface area contributed by atoms with Gasteiger partial charge in [-0.25, -0.2) is 0 Å². The van der Waals surface area contributed by atoms with Gasteiger partial charge in [-0.05, 0) is 19.3 Å². The molecule has 90 valence electrons. The van der Waals surface area contributed by atoms with Gasteiger partial charge in [-0.3, -0.25) is 0 Å². The Hall–Kier alpha value is 0.0969. The van der Waals surface area contributed by atoms with Crippen molar-refractivity contribution >= 4 is 10.2 Å². The van der Waals surface area contributed by atoms with Crippen molar-refractivity contribution in [1.82, 2.24) is 0 Å². The van der Waals surface area contributed by atoms with E-state index in [1.807, 2.05) is 0 Å². The predicted octanol–water partition coefficient (Wildman–Crippen LogP) is 0.690. The van der Waals surface area contributed by atoms with E-state index in [-0.39, 0.29) is 0 Å². The highest BCUT2D eigenvalue weighted by molar-refractivity contribution is 6.10. The zero-order valence-corrected chi connectivity index (χ0v) is 12.0. The maximum absolute atomic E-state index is 5.70. The van der Waals surface area contributed by atoms with Crippen molar-refractivity contribution in [2.24, 2.45) is 0 Å². The van der Waals surface area contributed by atoms with Gasteiger partial charge in [0.1, 0.15) is 6.10 Å². The van der Waals surface area contributed by atoms with Gasteiger partial charge in [0, 0.05) is 29.2 Å². The van der Waals surface area contributed by atoms with Gasteiger partial charge in [-0.1, -0.05) is 13.3 Å². The number of unbranched alkanes of at least 4 members (excludes halogenated alkanes) is 1. The molecular weight excluding hydrogens is 208 g/mol. The molecule has 0 aromatic carbocycles. The van der Waals surface area contributed by atoms with Crippen molar-refractivity contribution in [2.75, 3.05) is 26.4 Å². The molecule has 4 heteroatoms. The SMILES string of the molecule is CCCC([SiH3])OCCCCOCC1CO1. The van der Waals surface area contributed by atoms with Crippen molar-refractivity contribution in [1.29, 1.82) is 0 Å². The Kier molecular flexibility index (Phi) is 7.26. The maximum Gasteiger partial charge on any atom is 0.104 e. The van der Waals surface area contributed by atoms with Crippen LogP contribution in [0.4, 0.5) is 0 Å². The van der Waals surface area contributed by atoms with E-state index in [4.69, 9.17) is 14.2 Å². The van der Waals surface area contributed by atoms with Crippen molar-refractivity contribution in [3.8, 4) is 0 Å². The highest BCUT2D eigenvalue weighted by Gasteiger charge is 2.21. The van der Waals surface area contributed by atoms with Crippen LogP contribution in [0.2, 0.25) is 0 Å². The second kappa shape index (κ2) is 8.27. The normalized spacial score (nSPS) is 21.8. The molecule has 0 saturated carbocycles. The molecule has 1 heterocycles. The third-order valence-corrected chi connectivity index (χ3v) is 3.40. The van der Waals surface area contributed by atoms with E-state index in [0.717, 1.165) is 49.5 Å². The summed E-state index contributed by atoms with van der Waals surface area (Å²) >= 11 is 0. The fourth-order valence-electron chi connectivity index (χ4n) is 1.46. The lowest BCUT2D eigenvalue weighted by atomic mass is 10.3. The molecule has 1 aliphatic rings. The number of hydrogen-bond acceptors (Lipinski definition) is 3.